The van der Waals surface area contributed by atoms with Crippen LogP contribution >= 0.6 is 0 Å². The molecule has 0 amide bonds. The summed E-state index contributed by atoms with van der Waals surface area (Å²) in [6.07, 6.45) is 0. The second-order valence-electron chi connectivity index (χ2n) is 18.5. The molecule has 69 heavy (non-hydrogen) atoms. The molecule has 12 aromatic rings. The summed E-state index contributed by atoms with van der Waals surface area (Å²) in [7, 11) is 0. The first-order chi connectivity index (χ1) is 34.1. The third-order valence-corrected chi connectivity index (χ3v) is 14.7. The number of benzene rings is 12. The molecule has 0 aliphatic heterocycles. The second kappa shape index (κ2) is 16.5. The van der Waals surface area contributed by atoms with Crippen LogP contribution in [-0.4, -0.2) is 0 Å². The lowest BCUT2D eigenvalue weighted by Crippen LogP contribution is -2.22. The Morgan fingerprint density at radius 2 is 0.812 bits per heavy atom. The van der Waals surface area contributed by atoms with Gasteiger partial charge in [0, 0.05) is 22.2 Å². The molecule has 324 valence electrons. The Morgan fingerprint density at radius 1 is 0.290 bits per heavy atom. The molecule has 1 aliphatic rings. The topological polar surface area (TPSA) is 3.24 Å². The van der Waals surface area contributed by atoms with Crippen LogP contribution in [0, 0.1) is 0 Å². The fourth-order valence-corrected chi connectivity index (χ4v) is 11.5. The van der Waals surface area contributed by atoms with E-state index < -0.39 is 0 Å². The summed E-state index contributed by atoms with van der Waals surface area (Å²) in [5, 5.41) is 7.37. The summed E-state index contributed by atoms with van der Waals surface area (Å²) in [6, 6.07) is 98.5. The quantitative estimate of drug-likeness (QED) is 0.138. The first-order valence-corrected chi connectivity index (χ1v) is 24.0. The summed E-state index contributed by atoms with van der Waals surface area (Å²) >= 11 is 0. The molecule has 13 rings (SSSR count). The van der Waals surface area contributed by atoms with Gasteiger partial charge >= 0.3 is 0 Å². The van der Waals surface area contributed by atoms with Gasteiger partial charge in [-0.1, -0.05) is 231 Å². The highest BCUT2D eigenvalue weighted by Crippen LogP contribution is 2.57. The standard InChI is InChI=1S/C68H47N/c1-68(53-27-12-5-13-28-53)61-33-18-16-32-59(61)67-62(68)34-20-36-64(67)69(54-41-39-50-43-49(37-38-51(50)44-54)46-21-6-2-7-22-46)63-35-19-17-29-55(63)52-40-42-57-56-30-14-15-31-58(56)65(47-23-8-3-9-24-47)66(60(57)45-52)48-25-10-4-11-26-48/h2-45H,1H3. The van der Waals surface area contributed by atoms with E-state index in [2.05, 4.69) is 279 Å². The van der Waals surface area contributed by atoms with Crippen molar-refractivity contribution in [3.05, 3.63) is 284 Å². The third-order valence-electron chi connectivity index (χ3n) is 14.7. The van der Waals surface area contributed by atoms with E-state index in [4.69, 9.17) is 0 Å². The Bertz CT molecular complexity index is 3890. The van der Waals surface area contributed by atoms with Crippen LogP contribution in [0.4, 0.5) is 17.1 Å². The summed E-state index contributed by atoms with van der Waals surface area (Å²) in [5.74, 6) is 0. The normalized spacial score (nSPS) is 13.9. The fraction of sp³-hybridized carbons (Fsp3) is 0.0294. The Morgan fingerprint density at radius 3 is 1.55 bits per heavy atom. The first kappa shape index (κ1) is 40.5. The molecule has 1 aliphatic carbocycles. The van der Waals surface area contributed by atoms with E-state index in [1.807, 2.05) is 0 Å². The lowest BCUT2D eigenvalue weighted by atomic mass is 9.74. The maximum atomic E-state index is 2.53. The van der Waals surface area contributed by atoms with Gasteiger partial charge in [-0.2, -0.15) is 0 Å². The van der Waals surface area contributed by atoms with Crippen molar-refractivity contribution in [3.8, 4) is 55.6 Å². The van der Waals surface area contributed by atoms with Gasteiger partial charge in [0.2, 0.25) is 0 Å². The van der Waals surface area contributed by atoms with Gasteiger partial charge < -0.3 is 4.90 Å². The zero-order valence-corrected chi connectivity index (χ0v) is 38.4. The molecule has 0 saturated carbocycles. The minimum atomic E-state index is -0.350. The van der Waals surface area contributed by atoms with Crippen molar-refractivity contribution in [2.75, 3.05) is 4.90 Å². The SMILES string of the molecule is CC1(c2ccccc2)c2ccccc2-c2c(N(c3ccc4cc(-c5ccccc5)ccc4c3)c3ccccc3-c3ccc4c(c3)c(-c3ccccc3)c(-c3ccccc3)c3ccccc34)cccc21. The van der Waals surface area contributed by atoms with E-state index in [0.717, 1.165) is 28.2 Å². The number of anilines is 3. The molecule has 0 aromatic heterocycles. The van der Waals surface area contributed by atoms with E-state index in [9.17, 15) is 0 Å². The molecule has 1 heteroatoms. The van der Waals surface area contributed by atoms with Crippen molar-refractivity contribution < 1.29 is 0 Å². The number of fused-ring (bicyclic) bond motifs is 7. The maximum absolute atomic E-state index is 2.53. The van der Waals surface area contributed by atoms with Crippen molar-refractivity contribution in [1.82, 2.24) is 0 Å². The highest BCUT2D eigenvalue weighted by Gasteiger charge is 2.42. The number of hydrogen-bond acceptors (Lipinski definition) is 1. The van der Waals surface area contributed by atoms with Gasteiger partial charge in [-0.05, 0) is 137 Å². The number of nitrogens with zero attached hydrogens (tertiary/aromatic N) is 1. The van der Waals surface area contributed by atoms with E-state index in [1.54, 1.807) is 0 Å². The molecular weight excluding hydrogens is 831 g/mol. The van der Waals surface area contributed by atoms with Crippen LogP contribution in [0.1, 0.15) is 23.6 Å². The minimum Gasteiger partial charge on any atom is -0.309 e. The first-order valence-electron chi connectivity index (χ1n) is 24.0. The molecule has 12 aromatic carbocycles. The number of para-hydroxylation sites is 1. The third kappa shape index (κ3) is 6.61. The molecule has 0 radical (unpaired) electrons. The van der Waals surface area contributed by atoms with E-state index in [-0.39, 0.29) is 5.41 Å². The molecule has 0 spiro atoms. The monoisotopic (exact) mass is 877 g/mol. The lowest BCUT2D eigenvalue weighted by Gasteiger charge is -2.32. The highest BCUT2D eigenvalue weighted by atomic mass is 15.1. The van der Waals surface area contributed by atoms with Crippen LogP contribution in [0.25, 0.3) is 88.0 Å². The zero-order chi connectivity index (χ0) is 45.9. The van der Waals surface area contributed by atoms with Crippen molar-refractivity contribution in [2.45, 2.75) is 12.3 Å². The van der Waals surface area contributed by atoms with Crippen molar-refractivity contribution in [3.63, 3.8) is 0 Å². The smallest absolute Gasteiger partial charge is 0.0543 e. The average molecular weight is 878 g/mol. The van der Waals surface area contributed by atoms with Crippen LogP contribution in [0.3, 0.4) is 0 Å². The van der Waals surface area contributed by atoms with Gasteiger partial charge in [-0.25, -0.2) is 0 Å². The summed E-state index contributed by atoms with van der Waals surface area (Å²) in [4.78, 5) is 2.53. The van der Waals surface area contributed by atoms with Crippen LogP contribution in [0.5, 0.6) is 0 Å². The zero-order valence-electron chi connectivity index (χ0n) is 38.4. The molecule has 1 nitrogen and oxygen atoms in total. The largest absolute Gasteiger partial charge is 0.309 e. The minimum absolute atomic E-state index is 0.350. The molecule has 0 bridgehead atoms. The van der Waals surface area contributed by atoms with Gasteiger partial charge in [0.15, 0.2) is 0 Å². The number of rotatable bonds is 8. The summed E-state index contributed by atoms with van der Waals surface area (Å²) < 4.78 is 0. The van der Waals surface area contributed by atoms with Crippen LogP contribution < -0.4 is 4.90 Å². The lowest BCUT2D eigenvalue weighted by molar-refractivity contribution is 0.714. The number of hydrogen-bond donors (Lipinski definition) is 0. The molecular formula is C68H47N. The van der Waals surface area contributed by atoms with Crippen LogP contribution in [-0.2, 0) is 5.41 Å². The molecule has 0 heterocycles. The predicted molar refractivity (Wildman–Crippen MR) is 293 cm³/mol. The molecule has 0 saturated heterocycles. The van der Waals surface area contributed by atoms with Crippen molar-refractivity contribution >= 4 is 49.4 Å². The van der Waals surface area contributed by atoms with Gasteiger partial charge in [-0.15, -0.1) is 0 Å². The van der Waals surface area contributed by atoms with E-state index >= 15 is 0 Å². The van der Waals surface area contributed by atoms with Crippen molar-refractivity contribution in [1.29, 1.82) is 0 Å². The Hall–Kier alpha value is -8.78. The predicted octanol–water partition coefficient (Wildman–Crippen LogP) is 18.6. The average Bonchev–Trinajstić information content (AvgIpc) is 3.70. The van der Waals surface area contributed by atoms with E-state index in [1.165, 1.54) is 93.5 Å². The van der Waals surface area contributed by atoms with Crippen LogP contribution in [0.15, 0.2) is 267 Å². The molecule has 0 fully saturated rings. The van der Waals surface area contributed by atoms with E-state index in [0.29, 0.717) is 0 Å². The van der Waals surface area contributed by atoms with Crippen LogP contribution in [0.2, 0.25) is 0 Å². The highest BCUT2D eigenvalue weighted by molar-refractivity contribution is 6.22. The second-order valence-corrected chi connectivity index (χ2v) is 18.5. The van der Waals surface area contributed by atoms with Gasteiger partial charge in [0.1, 0.15) is 0 Å². The Kier molecular flexibility index (Phi) is 9.70. The molecule has 0 N–H and O–H groups in total. The summed E-state index contributed by atoms with van der Waals surface area (Å²) in [6.45, 7) is 2.40. The molecule has 1 atom stereocenters. The fourth-order valence-electron chi connectivity index (χ4n) is 11.5. The van der Waals surface area contributed by atoms with Gasteiger partial charge in [0.05, 0.1) is 11.4 Å². The Balaban J connectivity index is 1.08. The van der Waals surface area contributed by atoms with Crippen molar-refractivity contribution in [2.24, 2.45) is 0 Å². The molecule has 1 unspecified atom stereocenters. The van der Waals surface area contributed by atoms with Gasteiger partial charge in [0.25, 0.3) is 0 Å². The maximum Gasteiger partial charge on any atom is 0.0543 e. The Labute approximate surface area is 403 Å². The van der Waals surface area contributed by atoms with Gasteiger partial charge in [-0.3, -0.25) is 0 Å². The summed E-state index contributed by atoms with van der Waals surface area (Å²) in [5.41, 5.74) is 19.1.